The van der Waals surface area contributed by atoms with E-state index in [2.05, 4.69) is 20.3 Å². The van der Waals surface area contributed by atoms with Gasteiger partial charge < -0.3 is 20.1 Å². The molecule has 1 amide bonds. The van der Waals surface area contributed by atoms with Crippen LogP contribution in [-0.4, -0.2) is 82.9 Å². The molecule has 1 unspecified atom stereocenters. The fourth-order valence-electron chi connectivity index (χ4n) is 4.45. The molecule has 0 bridgehead atoms. The summed E-state index contributed by atoms with van der Waals surface area (Å²) in [5.74, 6) is -0.785. The second kappa shape index (κ2) is 9.96. The number of ether oxygens (including phenoxy) is 1. The van der Waals surface area contributed by atoms with Crippen LogP contribution in [0.15, 0.2) is 42.7 Å². The van der Waals surface area contributed by atoms with Gasteiger partial charge in [-0.15, -0.1) is 0 Å². The summed E-state index contributed by atoms with van der Waals surface area (Å²) in [6.45, 7) is 3.29. The molecular weight excluding hydrogens is 477 g/mol. The minimum atomic E-state index is -4.63. The van der Waals surface area contributed by atoms with Crippen LogP contribution >= 0.6 is 0 Å². The summed E-state index contributed by atoms with van der Waals surface area (Å²) in [6, 6.07) is 8.51. The summed E-state index contributed by atoms with van der Waals surface area (Å²) in [4.78, 5) is 28.8. The summed E-state index contributed by atoms with van der Waals surface area (Å²) in [7, 11) is 0. The van der Waals surface area contributed by atoms with Gasteiger partial charge in [-0.2, -0.15) is 13.2 Å². The third kappa shape index (κ3) is 5.11. The van der Waals surface area contributed by atoms with Crippen LogP contribution in [-0.2, 0) is 10.9 Å². The van der Waals surface area contributed by atoms with E-state index in [1.54, 1.807) is 12.1 Å². The van der Waals surface area contributed by atoms with Crippen LogP contribution in [0.3, 0.4) is 0 Å². The van der Waals surface area contributed by atoms with Gasteiger partial charge in [0, 0.05) is 61.6 Å². The number of alkyl halides is 3. The van der Waals surface area contributed by atoms with Crippen LogP contribution < -0.4 is 10.2 Å². The van der Waals surface area contributed by atoms with Gasteiger partial charge in [0.2, 0.25) is 5.82 Å². The van der Waals surface area contributed by atoms with Crippen molar-refractivity contribution in [3.05, 3.63) is 59.7 Å². The van der Waals surface area contributed by atoms with Gasteiger partial charge in [-0.25, -0.2) is 15.0 Å². The maximum absolute atomic E-state index is 13.2. The summed E-state index contributed by atoms with van der Waals surface area (Å²) in [5, 5.41) is 13.2. The number of hydrogen-bond acceptors (Lipinski definition) is 8. The van der Waals surface area contributed by atoms with Gasteiger partial charge in [-0.1, -0.05) is 6.07 Å². The number of halogens is 3. The molecule has 0 saturated carbocycles. The molecule has 5 rings (SSSR count). The molecular formula is C24H25F3N6O3. The first-order valence-electron chi connectivity index (χ1n) is 11.6. The number of amides is 1. The van der Waals surface area contributed by atoms with Gasteiger partial charge in [0.15, 0.2) is 0 Å². The predicted octanol–water partition coefficient (Wildman–Crippen LogP) is 2.03. The van der Waals surface area contributed by atoms with Crippen LogP contribution in [0.5, 0.6) is 0 Å². The molecule has 2 saturated heterocycles. The van der Waals surface area contributed by atoms with Crippen molar-refractivity contribution in [2.24, 2.45) is 0 Å². The van der Waals surface area contributed by atoms with Gasteiger partial charge >= 0.3 is 6.18 Å². The number of nitrogens with zero attached hydrogens (tertiary/aromatic N) is 5. The lowest BCUT2D eigenvalue weighted by molar-refractivity contribution is -0.145. The second-order valence-corrected chi connectivity index (χ2v) is 8.81. The highest BCUT2D eigenvalue weighted by atomic mass is 19.4. The third-order valence-electron chi connectivity index (χ3n) is 6.40. The maximum Gasteiger partial charge on any atom is 0.451 e. The Morgan fingerprint density at radius 2 is 1.86 bits per heavy atom. The number of β-amino-alcohol motifs (C(OH)–C–C–N with tert-alkyl or cyclic N) is 1. The number of pyridine rings is 1. The number of aliphatic hydroxyl groups is 1. The number of benzene rings is 1. The quantitative estimate of drug-likeness (QED) is 0.528. The van der Waals surface area contributed by atoms with Crippen LogP contribution in [0.25, 0.3) is 10.9 Å². The summed E-state index contributed by atoms with van der Waals surface area (Å²) < 4.78 is 44.2. The highest BCUT2D eigenvalue weighted by Crippen LogP contribution is 2.28. The van der Waals surface area contributed by atoms with E-state index in [4.69, 9.17) is 4.74 Å². The fourth-order valence-corrected chi connectivity index (χ4v) is 4.45. The minimum Gasteiger partial charge on any atom is -0.389 e. The normalized spacial score (nSPS) is 18.2. The maximum atomic E-state index is 13.2. The van der Waals surface area contributed by atoms with Crippen LogP contribution in [0.2, 0.25) is 0 Å². The zero-order valence-electron chi connectivity index (χ0n) is 19.3. The molecule has 2 aliphatic heterocycles. The predicted molar refractivity (Wildman–Crippen MR) is 124 cm³/mol. The van der Waals surface area contributed by atoms with Crippen molar-refractivity contribution < 1.29 is 27.8 Å². The van der Waals surface area contributed by atoms with Crippen LogP contribution in [0.4, 0.5) is 19.0 Å². The van der Waals surface area contributed by atoms with E-state index in [9.17, 15) is 23.1 Å². The number of nitrogens with one attached hydrogen (secondary N) is 1. The van der Waals surface area contributed by atoms with E-state index in [1.807, 2.05) is 28.0 Å². The molecule has 1 aromatic carbocycles. The summed E-state index contributed by atoms with van der Waals surface area (Å²) >= 11 is 0. The van der Waals surface area contributed by atoms with Gasteiger partial charge in [-0.3, -0.25) is 9.69 Å². The SMILES string of the molecule is O=C(NCC(c1cnc(C(F)(F)F)nc1)N1CCOCC1)c1cccc2nc(N3CC(O)C3)ccc12. The Morgan fingerprint density at radius 3 is 2.53 bits per heavy atom. The van der Waals surface area contributed by atoms with Crippen molar-refractivity contribution in [1.29, 1.82) is 0 Å². The Labute approximate surface area is 204 Å². The lowest BCUT2D eigenvalue weighted by atomic mass is 10.1. The van der Waals surface area contributed by atoms with Crippen molar-refractivity contribution in [3.63, 3.8) is 0 Å². The van der Waals surface area contributed by atoms with E-state index in [1.165, 1.54) is 0 Å². The Morgan fingerprint density at radius 1 is 1.14 bits per heavy atom. The number of carbonyl (C=O) groups is 1. The molecule has 2 fully saturated rings. The van der Waals surface area contributed by atoms with Crippen LogP contribution in [0, 0.1) is 0 Å². The van der Waals surface area contributed by atoms with Crippen molar-refractivity contribution in [1.82, 2.24) is 25.2 Å². The lowest BCUT2D eigenvalue weighted by Gasteiger charge is -2.36. The van der Waals surface area contributed by atoms with Crippen LogP contribution in [0.1, 0.15) is 27.8 Å². The molecule has 0 spiro atoms. The smallest absolute Gasteiger partial charge is 0.389 e. The van der Waals surface area contributed by atoms with E-state index >= 15 is 0 Å². The molecule has 2 aliphatic rings. The molecule has 36 heavy (non-hydrogen) atoms. The number of aliphatic hydroxyl groups excluding tert-OH is 1. The number of aromatic nitrogens is 3. The Kier molecular flexibility index (Phi) is 6.73. The number of rotatable bonds is 6. The highest BCUT2D eigenvalue weighted by molar-refractivity contribution is 6.06. The zero-order valence-corrected chi connectivity index (χ0v) is 19.3. The molecule has 2 N–H and O–H groups in total. The average Bonchev–Trinajstić information content (AvgIpc) is 2.86. The molecule has 0 aliphatic carbocycles. The molecule has 190 valence electrons. The molecule has 9 nitrogen and oxygen atoms in total. The first-order valence-corrected chi connectivity index (χ1v) is 11.6. The first-order chi connectivity index (χ1) is 17.3. The van der Waals surface area contributed by atoms with E-state index in [-0.39, 0.29) is 18.6 Å². The summed E-state index contributed by atoms with van der Waals surface area (Å²) in [5.41, 5.74) is 1.58. The number of morpholine rings is 1. The standard InChI is InChI=1S/C24H25F3N6O3/c25-24(26,27)23-29-10-15(11-30-23)20(32-6-8-36-9-7-32)12-28-22(35)18-2-1-3-19-17(18)4-5-21(31-19)33-13-16(34)14-33/h1-5,10-11,16,20,34H,6-9,12-14H2,(H,28,35). The largest absolute Gasteiger partial charge is 0.451 e. The van der Waals surface area contributed by atoms with Gasteiger partial charge in [-0.05, 0) is 24.3 Å². The third-order valence-corrected chi connectivity index (χ3v) is 6.40. The van der Waals surface area contributed by atoms with E-state index < -0.39 is 18.0 Å². The number of anilines is 1. The van der Waals surface area contributed by atoms with Crippen molar-refractivity contribution in [3.8, 4) is 0 Å². The molecule has 1 atom stereocenters. The van der Waals surface area contributed by atoms with E-state index in [0.29, 0.717) is 61.4 Å². The molecule has 3 aromatic rings. The van der Waals surface area contributed by atoms with Gasteiger partial charge in [0.05, 0.1) is 30.9 Å². The zero-order chi connectivity index (χ0) is 25.3. The fraction of sp³-hybridized carbons (Fsp3) is 0.417. The molecule has 0 radical (unpaired) electrons. The van der Waals surface area contributed by atoms with Crippen molar-refractivity contribution >= 4 is 22.6 Å². The Hall–Kier alpha value is -3.35. The lowest BCUT2D eigenvalue weighted by Crippen LogP contribution is -2.51. The highest BCUT2D eigenvalue weighted by Gasteiger charge is 2.35. The minimum absolute atomic E-state index is 0.154. The van der Waals surface area contributed by atoms with Crippen molar-refractivity contribution in [2.45, 2.75) is 18.3 Å². The summed E-state index contributed by atoms with van der Waals surface area (Å²) in [6.07, 6.45) is -2.65. The molecule has 2 aromatic heterocycles. The van der Waals surface area contributed by atoms with E-state index in [0.717, 1.165) is 18.2 Å². The number of hydrogen-bond donors (Lipinski definition) is 2. The number of fused-ring (bicyclic) bond motifs is 1. The molecule has 12 heteroatoms. The second-order valence-electron chi connectivity index (χ2n) is 8.81. The first kappa shape index (κ1) is 24.3. The topological polar surface area (TPSA) is 104 Å². The van der Waals surface area contributed by atoms with Crippen molar-refractivity contribution in [2.75, 3.05) is 50.8 Å². The average molecular weight is 502 g/mol. The van der Waals surface area contributed by atoms with Gasteiger partial charge in [0.1, 0.15) is 5.82 Å². The Balaban J connectivity index is 1.34. The number of carbonyl (C=O) groups excluding carboxylic acids is 1. The Bertz CT molecular complexity index is 1230. The molecule has 4 heterocycles. The monoisotopic (exact) mass is 502 g/mol. The van der Waals surface area contributed by atoms with Gasteiger partial charge in [0.25, 0.3) is 5.91 Å².